The molecule has 0 aliphatic carbocycles. The number of ether oxygens (including phenoxy) is 2. The standard InChI is InChI=1S/C24H29N5O4/c1-32-22-10-6-5-9-19(22)25-24(31)26-20-12-11-18(33-23(20)16-30)13-14-29-15-21(27-28-29)17-7-3-2-4-8-17/h2-10,15,18,20,23,30H,11-14,16H2,1H3,(H2,25,26,31)/t18-,20-,23-/m0/s1. The molecule has 174 valence electrons. The highest BCUT2D eigenvalue weighted by Crippen LogP contribution is 2.25. The number of aliphatic hydroxyl groups excluding tert-OH is 1. The first-order valence-electron chi connectivity index (χ1n) is 11.1. The van der Waals surface area contributed by atoms with Crippen LogP contribution in [0.15, 0.2) is 60.8 Å². The van der Waals surface area contributed by atoms with Gasteiger partial charge in [-0.3, -0.25) is 4.68 Å². The molecule has 2 heterocycles. The fourth-order valence-electron chi connectivity index (χ4n) is 4.01. The van der Waals surface area contributed by atoms with Crippen LogP contribution in [0.5, 0.6) is 5.75 Å². The van der Waals surface area contributed by atoms with E-state index in [0.29, 0.717) is 24.4 Å². The van der Waals surface area contributed by atoms with Gasteiger partial charge >= 0.3 is 6.03 Å². The smallest absolute Gasteiger partial charge is 0.319 e. The topological polar surface area (TPSA) is 111 Å². The van der Waals surface area contributed by atoms with Crippen LogP contribution in [0.3, 0.4) is 0 Å². The molecule has 9 heteroatoms. The molecule has 0 bridgehead atoms. The van der Waals surface area contributed by atoms with Crippen LogP contribution in [0.1, 0.15) is 19.3 Å². The van der Waals surface area contributed by atoms with Gasteiger partial charge in [0.05, 0.1) is 37.7 Å². The molecule has 0 radical (unpaired) electrons. The summed E-state index contributed by atoms with van der Waals surface area (Å²) in [5.41, 5.74) is 2.44. The number of urea groups is 1. The van der Waals surface area contributed by atoms with Crippen LogP contribution in [0.25, 0.3) is 11.3 Å². The van der Waals surface area contributed by atoms with E-state index in [2.05, 4.69) is 20.9 Å². The number of aromatic nitrogens is 3. The first-order valence-corrected chi connectivity index (χ1v) is 11.1. The Bertz CT molecular complexity index is 1040. The zero-order valence-electron chi connectivity index (χ0n) is 18.6. The van der Waals surface area contributed by atoms with E-state index in [4.69, 9.17) is 9.47 Å². The number of anilines is 1. The molecular formula is C24H29N5O4. The van der Waals surface area contributed by atoms with E-state index in [-0.39, 0.29) is 24.8 Å². The fraction of sp³-hybridized carbons (Fsp3) is 0.375. The maximum atomic E-state index is 12.5. The molecule has 4 rings (SSSR count). The van der Waals surface area contributed by atoms with Gasteiger partial charge in [-0.1, -0.05) is 47.7 Å². The van der Waals surface area contributed by atoms with Crippen molar-refractivity contribution in [2.75, 3.05) is 19.0 Å². The van der Waals surface area contributed by atoms with Gasteiger partial charge in [0.25, 0.3) is 0 Å². The summed E-state index contributed by atoms with van der Waals surface area (Å²) in [6, 6.07) is 16.5. The van der Waals surface area contributed by atoms with E-state index in [1.807, 2.05) is 53.3 Å². The third kappa shape index (κ3) is 5.88. The number of carbonyl (C=O) groups excluding carboxylic acids is 1. The molecule has 1 fully saturated rings. The van der Waals surface area contributed by atoms with Crippen molar-refractivity contribution in [3.05, 3.63) is 60.8 Å². The highest BCUT2D eigenvalue weighted by molar-refractivity contribution is 5.91. The Labute approximate surface area is 192 Å². The van der Waals surface area contributed by atoms with E-state index >= 15 is 0 Å². The highest BCUT2D eigenvalue weighted by atomic mass is 16.5. The first kappa shape index (κ1) is 22.8. The Morgan fingerprint density at radius 3 is 2.76 bits per heavy atom. The number of methoxy groups -OCH3 is 1. The molecule has 3 N–H and O–H groups in total. The number of rotatable bonds is 8. The van der Waals surface area contributed by atoms with Crippen LogP contribution in [0, 0.1) is 0 Å². The van der Waals surface area contributed by atoms with Crippen molar-refractivity contribution in [3.63, 3.8) is 0 Å². The van der Waals surface area contributed by atoms with Crippen LogP contribution in [0.2, 0.25) is 0 Å². The number of amides is 2. The van der Waals surface area contributed by atoms with Crippen LogP contribution in [-0.2, 0) is 11.3 Å². The van der Waals surface area contributed by atoms with E-state index in [1.165, 1.54) is 0 Å². The number of hydrogen-bond donors (Lipinski definition) is 3. The van der Waals surface area contributed by atoms with Crippen LogP contribution in [0.4, 0.5) is 10.5 Å². The van der Waals surface area contributed by atoms with Gasteiger partial charge in [-0.2, -0.15) is 0 Å². The molecular weight excluding hydrogens is 422 g/mol. The molecule has 33 heavy (non-hydrogen) atoms. The second kappa shape index (κ2) is 10.9. The molecule has 1 aromatic heterocycles. The van der Waals surface area contributed by atoms with Crippen LogP contribution >= 0.6 is 0 Å². The first-order chi connectivity index (χ1) is 16.2. The normalized spacial score (nSPS) is 20.2. The average molecular weight is 452 g/mol. The minimum atomic E-state index is -0.470. The summed E-state index contributed by atoms with van der Waals surface area (Å²) >= 11 is 0. The number of carbonyl (C=O) groups is 1. The van der Waals surface area contributed by atoms with E-state index in [1.54, 1.807) is 19.2 Å². The maximum absolute atomic E-state index is 12.5. The number of nitrogens with zero attached hydrogens (tertiary/aromatic N) is 3. The lowest BCUT2D eigenvalue weighted by Gasteiger charge is -2.36. The van der Waals surface area contributed by atoms with Crippen molar-refractivity contribution < 1.29 is 19.4 Å². The molecule has 0 unspecified atom stereocenters. The predicted octanol–water partition coefficient (Wildman–Crippen LogP) is 3.07. The zero-order valence-corrected chi connectivity index (χ0v) is 18.6. The van der Waals surface area contributed by atoms with Crippen molar-refractivity contribution in [3.8, 4) is 17.0 Å². The van der Waals surface area contributed by atoms with Gasteiger partial charge in [0.15, 0.2) is 0 Å². The molecule has 3 atom stereocenters. The van der Waals surface area contributed by atoms with Crippen molar-refractivity contribution in [2.24, 2.45) is 0 Å². The van der Waals surface area contributed by atoms with Gasteiger partial charge in [0.1, 0.15) is 17.5 Å². The molecule has 0 saturated carbocycles. The Balaban J connectivity index is 1.27. The van der Waals surface area contributed by atoms with Crippen molar-refractivity contribution in [2.45, 2.75) is 44.1 Å². The summed E-state index contributed by atoms with van der Waals surface area (Å²) < 4.78 is 13.2. The van der Waals surface area contributed by atoms with Crippen molar-refractivity contribution in [1.82, 2.24) is 20.3 Å². The lowest BCUT2D eigenvalue weighted by molar-refractivity contribution is -0.0905. The molecule has 1 aliphatic rings. The number of aliphatic hydroxyl groups is 1. The number of nitrogens with one attached hydrogen (secondary N) is 2. The van der Waals surface area contributed by atoms with Crippen LogP contribution in [-0.4, -0.2) is 58.1 Å². The Hall–Kier alpha value is -3.43. The van der Waals surface area contributed by atoms with Gasteiger partial charge in [-0.05, 0) is 31.4 Å². The second-order valence-corrected chi connectivity index (χ2v) is 7.98. The monoisotopic (exact) mass is 451 g/mol. The minimum absolute atomic E-state index is 0.0261. The number of benzene rings is 2. The van der Waals surface area contributed by atoms with Gasteiger partial charge in [-0.25, -0.2) is 4.79 Å². The molecule has 2 aromatic carbocycles. The summed E-state index contributed by atoms with van der Waals surface area (Å²) in [6.45, 7) is 0.493. The van der Waals surface area contributed by atoms with Gasteiger partial charge < -0.3 is 25.2 Å². The highest BCUT2D eigenvalue weighted by Gasteiger charge is 2.32. The van der Waals surface area contributed by atoms with Crippen LogP contribution < -0.4 is 15.4 Å². The Kier molecular flexibility index (Phi) is 7.54. The molecule has 0 spiro atoms. The molecule has 1 saturated heterocycles. The molecule has 9 nitrogen and oxygen atoms in total. The lowest BCUT2D eigenvalue weighted by Crippen LogP contribution is -2.52. The van der Waals surface area contributed by atoms with E-state index in [0.717, 1.165) is 24.1 Å². The number of para-hydroxylation sites is 2. The van der Waals surface area contributed by atoms with Crippen molar-refractivity contribution >= 4 is 11.7 Å². The molecule has 3 aromatic rings. The SMILES string of the molecule is COc1ccccc1NC(=O)N[C@H]1CC[C@@H](CCn2cc(-c3ccccc3)nn2)O[C@H]1CO. The van der Waals surface area contributed by atoms with Crippen molar-refractivity contribution in [1.29, 1.82) is 0 Å². The van der Waals surface area contributed by atoms with Gasteiger partial charge in [-0.15, -0.1) is 5.10 Å². The minimum Gasteiger partial charge on any atom is -0.495 e. The summed E-state index contributed by atoms with van der Waals surface area (Å²) in [5.74, 6) is 0.579. The summed E-state index contributed by atoms with van der Waals surface area (Å²) in [5, 5.41) is 24.0. The largest absolute Gasteiger partial charge is 0.495 e. The predicted molar refractivity (Wildman–Crippen MR) is 124 cm³/mol. The third-order valence-corrected chi connectivity index (χ3v) is 5.76. The average Bonchev–Trinajstić information content (AvgIpc) is 3.33. The summed E-state index contributed by atoms with van der Waals surface area (Å²) in [4.78, 5) is 12.5. The van der Waals surface area contributed by atoms with Gasteiger partial charge in [0, 0.05) is 12.1 Å². The van der Waals surface area contributed by atoms with E-state index in [9.17, 15) is 9.90 Å². The third-order valence-electron chi connectivity index (χ3n) is 5.76. The molecule has 2 amide bonds. The van der Waals surface area contributed by atoms with Gasteiger partial charge in [0.2, 0.25) is 0 Å². The zero-order chi connectivity index (χ0) is 23.0. The number of hydrogen-bond acceptors (Lipinski definition) is 6. The lowest BCUT2D eigenvalue weighted by atomic mass is 9.97. The number of aryl methyl sites for hydroxylation is 1. The Morgan fingerprint density at radius 1 is 1.18 bits per heavy atom. The fourth-order valence-corrected chi connectivity index (χ4v) is 4.01. The van der Waals surface area contributed by atoms with E-state index < -0.39 is 6.10 Å². The second-order valence-electron chi connectivity index (χ2n) is 7.98. The Morgan fingerprint density at radius 2 is 1.97 bits per heavy atom. The molecule has 1 aliphatic heterocycles. The summed E-state index contributed by atoms with van der Waals surface area (Å²) in [7, 11) is 1.55. The quantitative estimate of drug-likeness (QED) is 0.486. The summed E-state index contributed by atoms with van der Waals surface area (Å²) in [6.07, 6.45) is 3.66. The maximum Gasteiger partial charge on any atom is 0.319 e.